The van der Waals surface area contributed by atoms with E-state index < -0.39 is 16.7 Å². The smallest absolute Gasteiger partial charge is 0.152 e. The zero-order valence-corrected chi connectivity index (χ0v) is 14.5. The second-order valence-electron chi connectivity index (χ2n) is 5.15. The van der Waals surface area contributed by atoms with Gasteiger partial charge in [-0.3, -0.25) is 0 Å². The fourth-order valence-corrected chi connectivity index (χ4v) is 2.83. The van der Waals surface area contributed by atoms with Crippen molar-refractivity contribution in [2.75, 3.05) is 13.1 Å². The Morgan fingerprint density at radius 3 is 2.46 bits per heavy atom. The topological polar surface area (TPSA) is 32.0 Å². The molecular formula is C18H18ClF2N3. The Balaban J connectivity index is 2.61. The van der Waals surface area contributed by atoms with E-state index in [4.69, 9.17) is 11.6 Å². The summed E-state index contributed by atoms with van der Waals surface area (Å²) in [5.74, 6) is -0.805. The van der Waals surface area contributed by atoms with E-state index >= 15 is 0 Å². The van der Waals surface area contributed by atoms with Crippen LogP contribution in [0.15, 0.2) is 30.6 Å². The third-order valence-corrected chi connectivity index (χ3v) is 4.23. The molecule has 2 rings (SSSR count). The van der Waals surface area contributed by atoms with Crippen LogP contribution in [0.3, 0.4) is 0 Å². The summed E-state index contributed by atoms with van der Waals surface area (Å²) in [4.78, 5) is 2.11. The van der Waals surface area contributed by atoms with Gasteiger partial charge in [0.25, 0.3) is 0 Å². The Hall–Kier alpha value is -2.32. The van der Waals surface area contributed by atoms with E-state index in [2.05, 4.69) is 11.0 Å². The van der Waals surface area contributed by atoms with E-state index in [9.17, 15) is 14.0 Å². The maximum atomic E-state index is 14.3. The van der Waals surface area contributed by atoms with Crippen LogP contribution in [0, 0.1) is 23.0 Å². The fourth-order valence-electron chi connectivity index (χ4n) is 2.67. The minimum absolute atomic E-state index is 0.103. The number of allylic oxidation sites excluding steroid dienone is 1. The van der Waals surface area contributed by atoms with Crippen molar-refractivity contribution >= 4 is 17.4 Å². The van der Waals surface area contributed by atoms with Gasteiger partial charge in [0, 0.05) is 36.6 Å². The average Bonchev–Trinajstić information content (AvgIpc) is 3.01. The van der Waals surface area contributed by atoms with E-state index in [1.807, 2.05) is 26.8 Å². The van der Waals surface area contributed by atoms with Crippen LogP contribution in [0.5, 0.6) is 0 Å². The lowest BCUT2D eigenvalue weighted by Crippen LogP contribution is -2.24. The molecule has 0 spiro atoms. The number of aromatic nitrogens is 1. The van der Waals surface area contributed by atoms with Gasteiger partial charge >= 0.3 is 0 Å². The molecule has 0 bridgehead atoms. The van der Waals surface area contributed by atoms with Crippen LogP contribution in [0.4, 0.5) is 8.78 Å². The van der Waals surface area contributed by atoms with E-state index in [1.165, 1.54) is 6.07 Å². The van der Waals surface area contributed by atoms with Crippen LogP contribution in [0.1, 0.15) is 26.3 Å². The van der Waals surface area contributed by atoms with E-state index in [-0.39, 0.29) is 5.56 Å². The molecular weight excluding hydrogens is 332 g/mol. The van der Waals surface area contributed by atoms with Gasteiger partial charge in [-0.05, 0) is 39.0 Å². The van der Waals surface area contributed by atoms with E-state index in [0.29, 0.717) is 11.1 Å². The maximum Gasteiger partial charge on any atom is 0.152 e. The Morgan fingerprint density at radius 2 is 1.92 bits per heavy atom. The molecule has 0 fully saturated rings. The summed E-state index contributed by atoms with van der Waals surface area (Å²) in [6, 6.07) is 4.45. The highest BCUT2D eigenvalue weighted by Crippen LogP contribution is 2.33. The molecule has 0 atom stereocenters. The molecule has 0 amide bonds. The molecule has 1 heterocycles. The number of nitriles is 1. The number of benzene rings is 1. The van der Waals surface area contributed by atoms with Gasteiger partial charge in [-0.2, -0.15) is 5.26 Å². The molecule has 126 valence electrons. The van der Waals surface area contributed by atoms with Crippen molar-refractivity contribution in [2.45, 2.75) is 20.8 Å². The highest BCUT2D eigenvalue weighted by Gasteiger charge is 2.19. The second kappa shape index (κ2) is 7.50. The van der Waals surface area contributed by atoms with Gasteiger partial charge < -0.3 is 9.47 Å². The number of hydrogen-bond donors (Lipinski definition) is 0. The predicted octanol–water partition coefficient (Wildman–Crippen LogP) is 5.12. The summed E-state index contributed by atoms with van der Waals surface area (Å²) >= 11 is 5.66. The molecule has 0 unspecified atom stereocenters. The molecule has 0 saturated carbocycles. The zero-order chi connectivity index (χ0) is 17.9. The summed E-state index contributed by atoms with van der Waals surface area (Å²) in [5, 5.41) is 8.82. The van der Waals surface area contributed by atoms with Gasteiger partial charge in [0.1, 0.15) is 22.7 Å². The summed E-state index contributed by atoms with van der Waals surface area (Å²) in [7, 11) is 0. The molecule has 24 heavy (non-hydrogen) atoms. The van der Waals surface area contributed by atoms with Crippen molar-refractivity contribution in [2.24, 2.45) is 0 Å². The van der Waals surface area contributed by atoms with Crippen molar-refractivity contribution in [3.63, 3.8) is 0 Å². The third kappa shape index (κ3) is 3.15. The molecule has 0 aliphatic heterocycles. The van der Waals surface area contributed by atoms with Crippen LogP contribution < -0.4 is 0 Å². The predicted molar refractivity (Wildman–Crippen MR) is 92.4 cm³/mol. The lowest BCUT2D eigenvalue weighted by molar-refractivity contribution is 0.420. The van der Waals surface area contributed by atoms with E-state index in [1.54, 1.807) is 17.0 Å². The highest BCUT2D eigenvalue weighted by molar-refractivity contribution is 6.31. The number of halogens is 3. The van der Waals surface area contributed by atoms with Crippen LogP contribution in [-0.4, -0.2) is 22.6 Å². The van der Waals surface area contributed by atoms with Crippen molar-refractivity contribution in [3.05, 3.63) is 52.8 Å². The third-order valence-electron chi connectivity index (χ3n) is 3.88. The molecule has 0 saturated heterocycles. The number of nitrogens with zero attached hydrogens (tertiary/aromatic N) is 3. The van der Waals surface area contributed by atoms with Crippen LogP contribution >= 0.6 is 11.6 Å². The largest absolute Gasteiger partial charge is 0.359 e. The minimum Gasteiger partial charge on any atom is -0.359 e. The second-order valence-corrected chi connectivity index (χ2v) is 5.52. The average molecular weight is 350 g/mol. The first-order valence-corrected chi connectivity index (χ1v) is 8.03. The molecule has 0 aliphatic carbocycles. The Labute approximate surface area is 145 Å². The van der Waals surface area contributed by atoms with Gasteiger partial charge in [0.15, 0.2) is 5.82 Å². The van der Waals surface area contributed by atoms with Crippen LogP contribution in [-0.2, 0) is 0 Å². The molecule has 1 aromatic carbocycles. The van der Waals surface area contributed by atoms with Gasteiger partial charge in [-0.25, -0.2) is 8.78 Å². The van der Waals surface area contributed by atoms with Crippen LogP contribution in [0.2, 0.25) is 5.02 Å². The van der Waals surface area contributed by atoms with Gasteiger partial charge in [-0.1, -0.05) is 11.6 Å². The van der Waals surface area contributed by atoms with Gasteiger partial charge in [0.05, 0.1) is 5.56 Å². The zero-order valence-electron chi connectivity index (χ0n) is 13.8. The Morgan fingerprint density at radius 1 is 1.25 bits per heavy atom. The summed E-state index contributed by atoms with van der Waals surface area (Å²) in [5.41, 5.74) is 0.776. The van der Waals surface area contributed by atoms with Crippen molar-refractivity contribution in [1.29, 1.82) is 5.26 Å². The monoisotopic (exact) mass is 349 g/mol. The lowest BCUT2D eigenvalue weighted by atomic mass is 10.0. The van der Waals surface area contributed by atoms with Gasteiger partial charge in [0.2, 0.25) is 0 Å². The fraction of sp³-hybridized carbons (Fsp3) is 0.278. The summed E-state index contributed by atoms with van der Waals surface area (Å²) in [6.45, 7) is 7.55. The molecule has 3 nitrogen and oxygen atoms in total. The summed E-state index contributed by atoms with van der Waals surface area (Å²) in [6.07, 6.45) is 5.23. The minimum atomic E-state index is -0.865. The first-order chi connectivity index (χ1) is 11.5. The molecule has 1 aromatic heterocycles. The number of hydrogen-bond acceptors (Lipinski definition) is 2. The SMILES string of the molecule is CC=C(N(CC)CC)n1cc(C#N)c(-c2ccc(F)c(Cl)c2F)c1. The van der Waals surface area contributed by atoms with E-state index in [0.717, 1.165) is 25.0 Å². The number of rotatable bonds is 5. The Kier molecular flexibility index (Phi) is 5.63. The van der Waals surface area contributed by atoms with Crippen molar-refractivity contribution in [1.82, 2.24) is 9.47 Å². The summed E-state index contributed by atoms with van der Waals surface area (Å²) < 4.78 is 29.5. The highest BCUT2D eigenvalue weighted by atomic mass is 35.5. The first kappa shape index (κ1) is 18.0. The first-order valence-electron chi connectivity index (χ1n) is 7.65. The van der Waals surface area contributed by atoms with Crippen molar-refractivity contribution in [3.8, 4) is 17.2 Å². The lowest BCUT2D eigenvalue weighted by Gasteiger charge is -2.24. The normalized spacial score (nSPS) is 11.5. The molecule has 0 radical (unpaired) electrons. The van der Waals surface area contributed by atoms with Crippen molar-refractivity contribution < 1.29 is 8.78 Å². The molecule has 0 N–H and O–H groups in total. The molecule has 0 aliphatic rings. The van der Waals surface area contributed by atoms with Crippen LogP contribution in [0.25, 0.3) is 16.9 Å². The molecule has 2 aromatic rings. The Bertz CT molecular complexity index is 814. The molecule has 6 heteroatoms. The quantitative estimate of drug-likeness (QED) is 0.702. The van der Waals surface area contributed by atoms with Gasteiger partial charge in [-0.15, -0.1) is 0 Å². The maximum absolute atomic E-state index is 14.3. The standard InChI is InChI=1S/C18H18ClF2N3/c1-4-16(23(5-2)6-3)24-10-12(9-22)14(11-24)13-7-8-15(20)17(19)18(13)21/h4,7-8,10-11H,5-6H2,1-3H3.